The number of fused-ring (bicyclic) bond motifs is 5. The molecule has 18 heteroatoms. The van der Waals surface area contributed by atoms with Crippen molar-refractivity contribution in [3.8, 4) is 17.4 Å². The Morgan fingerprint density at radius 2 is 1.86 bits per heavy atom. The molecule has 4 amide bonds. The van der Waals surface area contributed by atoms with E-state index in [-0.39, 0.29) is 60.0 Å². The fourth-order valence-corrected chi connectivity index (χ4v) is 10.0. The summed E-state index contributed by atoms with van der Waals surface area (Å²) in [6, 6.07) is 1.81. The van der Waals surface area contributed by atoms with Crippen molar-refractivity contribution in [3.05, 3.63) is 36.5 Å². The van der Waals surface area contributed by atoms with Crippen molar-refractivity contribution >= 4 is 44.6 Å². The minimum absolute atomic E-state index is 0.0100. The van der Waals surface area contributed by atoms with Crippen LogP contribution in [0.15, 0.2) is 36.5 Å². The highest BCUT2D eigenvalue weighted by molar-refractivity contribution is 7.91. The average molecular weight is 816 g/mol. The van der Waals surface area contributed by atoms with Gasteiger partial charge >= 0.3 is 12.4 Å². The highest BCUT2D eigenvalue weighted by Crippen LogP contribution is 2.49. The first kappa shape index (κ1) is 39.1. The molecule has 3 aliphatic heterocycles. The average Bonchev–Trinajstić information content (AvgIpc) is 4.09. The number of alkyl halides is 2. The minimum atomic E-state index is -3.96. The zero-order valence-corrected chi connectivity index (χ0v) is 32.7. The number of carboxylic acid groups (broad SMARTS) is 1. The fourth-order valence-electron chi connectivity index (χ4n) is 8.67. The number of rotatable bonds is 8. The largest absolute Gasteiger partial charge is 0.586 e. The van der Waals surface area contributed by atoms with Crippen molar-refractivity contribution in [3.63, 3.8) is 0 Å². The number of halogens is 2. The summed E-state index contributed by atoms with van der Waals surface area (Å²) >= 11 is 0. The number of hydrogen-bond acceptors (Lipinski definition) is 10. The monoisotopic (exact) mass is 815 g/mol. The Kier molecular flexibility index (Phi) is 9.59. The third-order valence-corrected chi connectivity index (χ3v) is 14.2. The lowest BCUT2D eigenvalue weighted by molar-refractivity contribution is -0.286. The smallest absolute Gasteiger partial charge is 0.472 e. The summed E-state index contributed by atoms with van der Waals surface area (Å²) in [6.45, 7) is 5.80. The van der Waals surface area contributed by atoms with Gasteiger partial charge in [0.1, 0.15) is 23.7 Å². The van der Waals surface area contributed by atoms with E-state index in [1.54, 1.807) is 0 Å². The predicted molar refractivity (Wildman–Crippen MR) is 199 cm³/mol. The molecule has 4 heterocycles. The third kappa shape index (κ3) is 7.68. The first-order valence-corrected chi connectivity index (χ1v) is 21.1. The molecule has 2 aromatic rings. The van der Waals surface area contributed by atoms with Crippen molar-refractivity contribution in [1.82, 2.24) is 24.8 Å². The van der Waals surface area contributed by atoms with Gasteiger partial charge in [-0.05, 0) is 86.8 Å². The Morgan fingerprint density at radius 1 is 1.11 bits per heavy atom. The Hall–Kier alpha value is -4.74. The molecule has 7 atom stereocenters. The van der Waals surface area contributed by atoms with Gasteiger partial charge in [-0.25, -0.2) is 18.2 Å². The standard InChI is InChI=1S/C39H47F2N5O10S/c1-21-6-4-5-7-23-18-38(23,35(49)44-57(52,53)25-8-9-25)43-32(47)28-17-24(54-33-27-10-11-29-31(26(27)12-15-42-33)56-39(40,41)55-29)19-45(28)34(48)30(22(2)16-21)46(36(50)51)20-37(3)13-14-37/h5,7,10-12,15,21-25,28,30H,4,6,8-9,13-14,16-20H2,1-3H3,(H,43,47)(H,44,49)(H,50,51)/b7-5-/t21-,22+,23+,24+,28-,30-,38+/m0/s1. The summed E-state index contributed by atoms with van der Waals surface area (Å²) in [7, 11) is -3.96. The summed E-state index contributed by atoms with van der Waals surface area (Å²) in [4.78, 5) is 63.3. The molecule has 8 rings (SSSR count). The Morgan fingerprint density at radius 3 is 2.56 bits per heavy atom. The first-order chi connectivity index (χ1) is 26.9. The molecule has 6 aliphatic rings. The molecular weight excluding hydrogens is 769 g/mol. The van der Waals surface area contributed by atoms with E-state index in [0.29, 0.717) is 37.5 Å². The number of sulfonamides is 1. The van der Waals surface area contributed by atoms with Gasteiger partial charge in [-0.2, -0.15) is 0 Å². The van der Waals surface area contributed by atoms with Gasteiger partial charge in [-0.15, -0.1) is 8.78 Å². The molecule has 3 N–H and O–H groups in total. The van der Waals surface area contributed by atoms with E-state index < -0.39 is 80.9 Å². The van der Waals surface area contributed by atoms with Crippen LogP contribution in [0.4, 0.5) is 13.6 Å². The second-order valence-corrected chi connectivity index (χ2v) is 19.2. The van der Waals surface area contributed by atoms with Crippen LogP contribution >= 0.6 is 0 Å². The topological polar surface area (TPSA) is 194 Å². The van der Waals surface area contributed by atoms with Crippen LogP contribution in [0.1, 0.15) is 78.6 Å². The Labute approximate surface area is 328 Å². The highest BCUT2D eigenvalue weighted by Gasteiger charge is 2.62. The molecule has 3 saturated carbocycles. The number of allylic oxidation sites excluding steroid dienone is 1. The number of ether oxygens (including phenoxy) is 3. The zero-order chi connectivity index (χ0) is 40.7. The lowest BCUT2D eigenvalue weighted by atomic mass is 9.86. The molecule has 1 aromatic carbocycles. The van der Waals surface area contributed by atoms with Crippen molar-refractivity contribution in [2.24, 2.45) is 23.2 Å². The number of benzene rings is 1. The van der Waals surface area contributed by atoms with Crippen LogP contribution in [0.3, 0.4) is 0 Å². The SMILES string of the molecule is C[C@H]1CC/C=C\[C@@H]2C[C@@]2(C(=O)NS(=O)(=O)C2CC2)NC(=O)[C@@H]2C[C@@H](Oc3nccc4c5c(ccc34)OC(F)(F)O5)CN2C(=O)[C@@H](N(CC2(C)CC2)C(=O)O)[C@H](C)C1. The van der Waals surface area contributed by atoms with Crippen molar-refractivity contribution in [1.29, 1.82) is 0 Å². The van der Waals surface area contributed by atoms with Crippen LogP contribution in [0.2, 0.25) is 0 Å². The van der Waals surface area contributed by atoms with E-state index in [2.05, 4.69) is 19.8 Å². The fraction of sp³-hybridized carbons (Fsp3) is 0.615. The van der Waals surface area contributed by atoms with E-state index in [1.807, 2.05) is 32.9 Å². The minimum Gasteiger partial charge on any atom is -0.472 e. The summed E-state index contributed by atoms with van der Waals surface area (Å²) < 4.78 is 71.8. The van der Waals surface area contributed by atoms with Crippen LogP contribution in [-0.2, 0) is 24.4 Å². The van der Waals surface area contributed by atoms with Crippen molar-refractivity contribution in [2.75, 3.05) is 13.1 Å². The molecule has 15 nitrogen and oxygen atoms in total. The quantitative estimate of drug-likeness (QED) is 0.317. The first-order valence-electron chi connectivity index (χ1n) is 19.6. The zero-order valence-electron chi connectivity index (χ0n) is 31.9. The molecule has 1 saturated heterocycles. The molecule has 0 radical (unpaired) electrons. The molecule has 57 heavy (non-hydrogen) atoms. The van der Waals surface area contributed by atoms with Gasteiger partial charge in [-0.3, -0.25) is 24.0 Å². The number of aromatic nitrogens is 1. The van der Waals surface area contributed by atoms with Crippen LogP contribution in [0.5, 0.6) is 17.4 Å². The van der Waals surface area contributed by atoms with Gasteiger partial charge in [0.05, 0.1) is 11.8 Å². The van der Waals surface area contributed by atoms with Crippen LogP contribution in [-0.4, -0.2) is 100 Å². The summed E-state index contributed by atoms with van der Waals surface area (Å²) in [5, 5.41) is 13.3. The maximum Gasteiger partial charge on any atom is 0.586 e. The van der Waals surface area contributed by atoms with E-state index in [1.165, 1.54) is 34.2 Å². The molecule has 308 valence electrons. The van der Waals surface area contributed by atoms with Crippen LogP contribution < -0.4 is 24.2 Å². The summed E-state index contributed by atoms with van der Waals surface area (Å²) in [5.41, 5.74) is -1.89. The molecule has 3 aliphatic carbocycles. The number of carbonyl (C=O) groups is 4. The lowest BCUT2D eigenvalue weighted by Crippen LogP contribution is -2.60. The third-order valence-electron chi connectivity index (χ3n) is 12.4. The van der Waals surface area contributed by atoms with Gasteiger partial charge in [0.2, 0.25) is 27.7 Å². The maximum atomic E-state index is 15.1. The normalized spacial score (nSPS) is 32.2. The van der Waals surface area contributed by atoms with Gasteiger partial charge in [-0.1, -0.05) is 32.9 Å². The predicted octanol–water partition coefficient (Wildman–Crippen LogP) is 4.55. The number of carbonyl (C=O) groups excluding carboxylic acids is 3. The number of amides is 4. The number of hydrogen-bond donors (Lipinski definition) is 3. The summed E-state index contributed by atoms with van der Waals surface area (Å²) in [6.07, 6.45) is 3.37. The van der Waals surface area contributed by atoms with Gasteiger partial charge in [0.25, 0.3) is 5.91 Å². The molecule has 0 unspecified atom stereocenters. The molecule has 0 bridgehead atoms. The second kappa shape index (κ2) is 14.0. The number of nitrogens with zero attached hydrogens (tertiary/aromatic N) is 3. The van der Waals surface area contributed by atoms with Gasteiger partial charge in [0, 0.05) is 35.9 Å². The van der Waals surface area contributed by atoms with Crippen molar-refractivity contribution in [2.45, 2.75) is 114 Å². The molecular formula is C39H47F2N5O10S. The Bertz CT molecular complexity index is 2150. The summed E-state index contributed by atoms with van der Waals surface area (Å²) in [5.74, 6) is -3.45. The maximum absolute atomic E-state index is 15.1. The highest BCUT2D eigenvalue weighted by atomic mass is 32.2. The second-order valence-electron chi connectivity index (χ2n) is 17.2. The number of nitrogens with one attached hydrogen (secondary N) is 2. The number of pyridine rings is 1. The molecule has 0 spiro atoms. The van der Waals surface area contributed by atoms with Crippen LogP contribution in [0.25, 0.3) is 10.8 Å². The van der Waals surface area contributed by atoms with E-state index in [0.717, 1.165) is 12.8 Å². The van der Waals surface area contributed by atoms with E-state index >= 15 is 4.79 Å². The van der Waals surface area contributed by atoms with Crippen molar-refractivity contribution < 1.29 is 55.7 Å². The lowest BCUT2D eigenvalue weighted by Gasteiger charge is -2.38. The van der Waals surface area contributed by atoms with E-state index in [9.17, 15) is 36.7 Å². The molecule has 4 fully saturated rings. The van der Waals surface area contributed by atoms with Gasteiger partial charge in [0.15, 0.2) is 11.5 Å². The van der Waals surface area contributed by atoms with Crippen LogP contribution in [0, 0.1) is 23.2 Å². The van der Waals surface area contributed by atoms with Gasteiger partial charge < -0.3 is 29.5 Å². The molecule has 1 aromatic heterocycles. The Balaban J connectivity index is 1.15. The van der Waals surface area contributed by atoms with E-state index in [4.69, 9.17) is 9.47 Å².